The van der Waals surface area contributed by atoms with E-state index >= 15 is 0 Å². The zero-order valence-electron chi connectivity index (χ0n) is 13.6. The average Bonchev–Trinajstić information content (AvgIpc) is 3.06. The Kier molecular flexibility index (Phi) is 4.29. The molecule has 24 heavy (non-hydrogen) atoms. The molecule has 1 aromatic heterocycles. The lowest BCUT2D eigenvalue weighted by atomic mass is 10.2. The number of amides is 1. The van der Waals surface area contributed by atoms with Gasteiger partial charge in [0.05, 0.1) is 27.0 Å². The maximum atomic E-state index is 12.5. The Balaban J connectivity index is 1.90. The maximum Gasteiger partial charge on any atom is 0.291 e. The van der Waals surface area contributed by atoms with Crippen LogP contribution in [0, 0.1) is 0 Å². The monoisotopic (exact) mass is 327 g/mol. The van der Waals surface area contributed by atoms with Crippen LogP contribution in [0.15, 0.2) is 46.9 Å². The molecule has 6 nitrogen and oxygen atoms in total. The van der Waals surface area contributed by atoms with E-state index in [0.717, 1.165) is 5.39 Å². The number of carbonyl (C=O) groups is 1. The molecule has 3 rings (SSSR count). The first-order valence-corrected chi connectivity index (χ1v) is 7.26. The van der Waals surface area contributed by atoms with Gasteiger partial charge in [-0.05, 0) is 24.3 Å². The van der Waals surface area contributed by atoms with Crippen molar-refractivity contribution in [1.29, 1.82) is 0 Å². The Labute approximate surface area is 138 Å². The highest BCUT2D eigenvalue weighted by Crippen LogP contribution is 2.31. The first-order chi connectivity index (χ1) is 11.7. The van der Waals surface area contributed by atoms with E-state index in [1.807, 2.05) is 12.1 Å². The highest BCUT2D eigenvalue weighted by molar-refractivity contribution is 6.05. The van der Waals surface area contributed by atoms with Gasteiger partial charge < -0.3 is 23.9 Å². The number of hydrogen-bond donors (Lipinski definition) is 1. The Hall–Kier alpha value is -3.15. The number of para-hydroxylation sites is 1. The van der Waals surface area contributed by atoms with Crippen LogP contribution in [0.2, 0.25) is 0 Å². The van der Waals surface area contributed by atoms with Gasteiger partial charge in [-0.2, -0.15) is 0 Å². The van der Waals surface area contributed by atoms with Crippen LogP contribution in [0.5, 0.6) is 17.2 Å². The summed E-state index contributed by atoms with van der Waals surface area (Å²) in [6, 6.07) is 12.3. The molecule has 0 atom stereocenters. The Bertz CT molecular complexity index is 884. The molecule has 0 aliphatic heterocycles. The Morgan fingerprint density at radius 1 is 0.958 bits per heavy atom. The Morgan fingerprint density at radius 2 is 1.75 bits per heavy atom. The molecule has 124 valence electrons. The first-order valence-electron chi connectivity index (χ1n) is 7.26. The number of carbonyl (C=O) groups excluding carboxylic acids is 1. The van der Waals surface area contributed by atoms with Crippen molar-refractivity contribution in [3.63, 3.8) is 0 Å². The average molecular weight is 327 g/mol. The fourth-order valence-electron chi connectivity index (χ4n) is 2.39. The molecule has 0 spiro atoms. The lowest BCUT2D eigenvalue weighted by Crippen LogP contribution is -2.11. The van der Waals surface area contributed by atoms with Crippen LogP contribution in [-0.2, 0) is 0 Å². The number of hydrogen-bond acceptors (Lipinski definition) is 5. The van der Waals surface area contributed by atoms with Crippen molar-refractivity contribution in [2.24, 2.45) is 0 Å². The summed E-state index contributed by atoms with van der Waals surface area (Å²) >= 11 is 0. The molecule has 2 aromatic carbocycles. The highest BCUT2D eigenvalue weighted by Gasteiger charge is 2.16. The van der Waals surface area contributed by atoms with Crippen LogP contribution in [0.1, 0.15) is 10.6 Å². The predicted molar refractivity (Wildman–Crippen MR) is 90.3 cm³/mol. The molecular formula is C18H17NO5. The van der Waals surface area contributed by atoms with E-state index in [0.29, 0.717) is 28.5 Å². The van der Waals surface area contributed by atoms with Gasteiger partial charge in [0.1, 0.15) is 11.5 Å². The molecule has 1 N–H and O–H groups in total. The number of nitrogens with one attached hydrogen (secondary N) is 1. The van der Waals surface area contributed by atoms with Gasteiger partial charge in [0.2, 0.25) is 0 Å². The summed E-state index contributed by atoms with van der Waals surface area (Å²) in [5.41, 5.74) is 1.06. The van der Waals surface area contributed by atoms with Crippen molar-refractivity contribution < 1.29 is 23.4 Å². The minimum Gasteiger partial charge on any atom is -0.497 e. The van der Waals surface area contributed by atoms with Crippen LogP contribution in [-0.4, -0.2) is 27.2 Å². The van der Waals surface area contributed by atoms with Crippen LogP contribution < -0.4 is 19.5 Å². The van der Waals surface area contributed by atoms with Crippen LogP contribution >= 0.6 is 0 Å². The van der Waals surface area contributed by atoms with E-state index < -0.39 is 0 Å². The van der Waals surface area contributed by atoms with Crippen molar-refractivity contribution in [3.8, 4) is 17.2 Å². The molecule has 0 saturated heterocycles. The number of methoxy groups -OCH3 is 3. The van der Waals surface area contributed by atoms with Gasteiger partial charge in [0.15, 0.2) is 17.1 Å². The van der Waals surface area contributed by atoms with Crippen molar-refractivity contribution in [1.82, 2.24) is 0 Å². The van der Waals surface area contributed by atoms with E-state index in [1.54, 1.807) is 44.6 Å². The quantitative estimate of drug-likeness (QED) is 0.773. The number of benzene rings is 2. The zero-order valence-corrected chi connectivity index (χ0v) is 13.6. The molecule has 3 aromatic rings. The van der Waals surface area contributed by atoms with Gasteiger partial charge in [-0.15, -0.1) is 0 Å². The van der Waals surface area contributed by atoms with Crippen molar-refractivity contribution >= 4 is 22.6 Å². The molecule has 1 amide bonds. The second-order valence-electron chi connectivity index (χ2n) is 5.01. The number of anilines is 1. The number of ether oxygens (including phenoxy) is 3. The molecule has 1 heterocycles. The predicted octanol–water partition coefficient (Wildman–Crippen LogP) is 3.71. The van der Waals surface area contributed by atoms with Crippen LogP contribution in [0.25, 0.3) is 11.0 Å². The lowest BCUT2D eigenvalue weighted by molar-refractivity contribution is 0.0998. The van der Waals surface area contributed by atoms with Gasteiger partial charge in [0.25, 0.3) is 5.91 Å². The minimum atomic E-state index is -0.378. The fourth-order valence-corrected chi connectivity index (χ4v) is 2.39. The summed E-state index contributed by atoms with van der Waals surface area (Å²) in [6.07, 6.45) is 0. The van der Waals surface area contributed by atoms with Crippen LogP contribution in [0.3, 0.4) is 0 Å². The summed E-state index contributed by atoms with van der Waals surface area (Å²) < 4.78 is 21.3. The third kappa shape index (κ3) is 2.86. The molecule has 0 bridgehead atoms. The molecule has 0 saturated carbocycles. The molecule has 0 unspecified atom stereocenters. The lowest BCUT2D eigenvalue weighted by Gasteiger charge is -2.10. The molecule has 0 fully saturated rings. The van der Waals surface area contributed by atoms with Gasteiger partial charge >= 0.3 is 0 Å². The molecule has 6 heteroatoms. The molecule has 0 radical (unpaired) electrons. The topological polar surface area (TPSA) is 69.9 Å². The minimum absolute atomic E-state index is 0.187. The standard InChI is InChI=1S/C18H17NO5/c1-21-12-7-8-13(15(10-12)23-3)19-18(20)16-9-11-5-4-6-14(22-2)17(11)24-16/h4-10H,1-3H3,(H,19,20). The second-order valence-corrected chi connectivity index (χ2v) is 5.01. The number of rotatable bonds is 5. The van der Waals surface area contributed by atoms with E-state index in [-0.39, 0.29) is 11.7 Å². The highest BCUT2D eigenvalue weighted by atomic mass is 16.5. The van der Waals surface area contributed by atoms with Crippen LogP contribution in [0.4, 0.5) is 5.69 Å². The molecule has 0 aliphatic carbocycles. The molecule has 0 aliphatic rings. The largest absolute Gasteiger partial charge is 0.497 e. The normalized spacial score (nSPS) is 10.5. The zero-order chi connectivity index (χ0) is 17.1. The third-order valence-corrected chi connectivity index (χ3v) is 3.61. The van der Waals surface area contributed by atoms with E-state index in [2.05, 4.69) is 5.32 Å². The summed E-state index contributed by atoms with van der Waals surface area (Å²) in [5, 5.41) is 3.57. The van der Waals surface area contributed by atoms with E-state index in [9.17, 15) is 4.79 Å². The second kappa shape index (κ2) is 6.54. The van der Waals surface area contributed by atoms with Gasteiger partial charge in [-0.1, -0.05) is 12.1 Å². The maximum absolute atomic E-state index is 12.5. The van der Waals surface area contributed by atoms with Gasteiger partial charge in [-0.25, -0.2) is 0 Å². The molecular weight excluding hydrogens is 310 g/mol. The van der Waals surface area contributed by atoms with Gasteiger partial charge in [0, 0.05) is 11.5 Å². The summed E-state index contributed by atoms with van der Waals surface area (Å²) in [6.45, 7) is 0. The number of fused-ring (bicyclic) bond motifs is 1. The summed E-state index contributed by atoms with van der Waals surface area (Å²) in [7, 11) is 4.64. The van der Waals surface area contributed by atoms with E-state index in [1.165, 1.54) is 7.11 Å². The smallest absolute Gasteiger partial charge is 0.291 e. The summed E-state index contributed by atoms with van der Waals surface area (Å²) in [5.74, 6) is 1.52. The van der Waals surface area contributed by atoms with Crippen molar-refractivity contribution in [2.75, 3.05) is 26.6 Å². The third-order valence-electron chi connectivity index (χ3n) is 3.61. The SMILES string of the molecule is COc1ccc(NC(=O)c2cc3cccc(OC)c3o2)c(OC)c1. The van der Waals surface area contributed by atoms with Crippen molar-refractivity contribution in [2.45, 2.75) is 0 Å². The van der Waals surface area contributed by atoms with Crippen molar-refractivity contribution in [3.05, 3.63) is 48.2 Å². The fraction of sp³-hybridized carbons (Fsp3) is 0.167. The Morgan fingerprint density at radius 3 is 2.46 bits per heavy atom. The summed E-state index contributed by atoms with van der Waals surface area (Å²) in [4.78, 5) is 12.5. The first kappa shape index (κ1) is 15.7. The van der Waals surface area contributed by atoms with E-state index in [4.69, 9.17) is 18.6 Å². The number of furan rings is 1. The van der Waals surface area contributed by atoms with Gasteiger partial charge in [-0.3, -0.25) is 4.79 Å².